The third-order valence-corrected chi connectivity index (χ3v) is 2.36. The molecule has 2 aromatic rings. The minimum absolute atomic E-state index is 0. The van der Waals surface area contributed by atoms with Crippen LogP contribution in [0.25, 0.3) is 0 Å². The molecule has 0 saturated heterocycles. The van der Waals surface area contributed by atoms with Crippen molar-refractivity contribution in [2.45, 2.75) is 12.7 Å². The lowest BCUT2D eigenvalue weighted by atomic mass is 10.2. The lowest BCUT2D eigenvalue weighted by molar-refractivity contribution is -0.139. The highest BCUT2D eigenvalue weighted by Crippen LogP contribution is 2.35. The van der Waals surface area contributed by atoms with E-state index in [0.29, 0.717) is 6.54 Å². The highest BCUT2D eigenvalue weighted by molar-refractivity contribution is 5.85. The summed E-state index contributed by atoms with van der Waals surface area (Å²) in [5.41, 5.74) is -0.754. The second kappa shape index (κ2) is 6.47. The van der Waals surface area contributed by atoms with Crippen molar-refractivity contribution in [3.8, 4) is 5.75 Å². The maximum absolute atomic E-state index is 12.7. The van der Waals surface area contributed by atoms with Gasteiger partial charge in [0.05, 0.1) is 18.4 Å². The molecule has 1 aromatic carbocycles. The Morgan fingerprint density at radius 3 is 2.58 bits per heavy atom. The lowest BCUT2D eigenvalue weighted by Crippen LogP contribution is -2.11. The Hall–Kier alpha value is -1.69. The molecule has 0 aliphatic heterocycles. The summed E-state index contributed by atoms with van der Waals surface area (Å²) in [6, 6.07) is 5.18. The molecule has 0 atom stereocenters. The van der Waals surface area contributed by atoms with Crippen LogP contribution >= 0.6 is 12.4 Å². The zero-order chi connectivity index (χ0) is 13.0. The summed E-state index contributed by atoms with van der Waals surface area (Å²) in [6.45, 7) is 0.607. The number of aromatic nitrogens is 2. The van der Waals surface area contributed by atoms with Gasteiger partial charge in [0.1, 0.15) is 12.4 Å². The van der Waals surface area contributed by atoms with Crippen molar-refractivity contribution < 1.29 is 17.9 Å². The van der Waals surface area contributed by atoms with Crippen molar-refractivity contribution in [3.63, 3.8) is 0 Å². The zero-order valence-electron chi connectivity index (χ0n) is 9.80. The molecule has 19 heavy (non-hydrogen) atoms. The van der Waals surface area contributed by atoms with Crippen LogP contribution in [-0.2, 0) is 12.7 Å². The summed E-state index contributed by atoms with van der Waals surface area (Å²) in [6.07, 6.45) is 0.507. The molecule has 0 aliphatic rings. The second-order valence-electron chi connectivity index (χ2n) is 3.64. The predicted molar refractivity (Wildman–Crippen MR) is 66.4 cm³/mol. The van der Waals surface area contributed by atoms with E-state index in [1.807, 2.05) is 0 Å². The number of hydrogen-bond donors (Lipinski definition) is 0. The predicted octanol–water partition coefficient (Wildman–Crippen LogP) is 3.40. The van der Waals surface area contributed by atoms with Gasteiger partial charge in [-0.3, -0.25) is 0 Å². The highest BCUT2D eigenvalue weighted by atomic mass is 35.5. The van der Waals surface area contributed by atoms with E-state index in [1.165, 1.54) is 18.2 Å². The van der Waals surface area contributed by atoms with Gasteiger partial charge in [-0.05, 0) is 12.1 Å². The minimum atomic E-state index is -4.40. The molecule has 0 unspecified atom stereocenters. The third-order valence-electron chi connectivity index (χ3n) is 2.36. The molecule has 1 heterocycles. The van der Waals surface area contributed by atoms with Crippen molar-refractivity contribution in [1.82, 2.24) is 9.55 Å². The fourth-order valence-electron chi connectivity index (χ4n) is 1.51. The van der Waals surface area contributed by atoms with E-state index in [0.717, 1.165) is 6.07 Å². The quantitative estimate of drug-likeness (QED) is 0.863. The molecule has 2 rings (SSSR count). The topological polar surface area (TPSA) is 27.1 Å². The first-order valence-corrected chi connectivity index (χ1v) is 5.32. The van der Waals surface area contributed by atoms with Crippen molar-refractivity contribution in [2.24, 2.45) is 0 Å². The fourth-order valence-corrected chi connectivity index (χ4v) is 1.51. The van der Waals surface area contributed by atoms with Crippen LogP contribution in [0.1, 0.15) is 5.56 Å². The van der Waals surface area contributed by atoms with Gasteiger partial charge < -0.3 is 9.30 Å². The van der Waals surface area contributed by atoms with Gasteiger partial charge in [-0.2, -0.15) is 13.2 Å². The van der Waals surface area contributed by atoms with Crippen LogP contribution in [0.4, 0.5) is 13.2 Å². The normalized spacial score (nSPS) is 10.9. The summed E-state index contributed by atoms with van der Waals surface area (Å²) < 4.78 is 44.9. The van der Waals surface area contributed by atoms with Gasteiger partial charge >= 0.3 is 6.18 Å². The molecule has 104 valence electrons. The van der Waals surface area contributed by atoms with E-state index in [4.69, 9.17) is 4.74 Å². The lowest BCUT2D eigenvalue weighted by Gasteiger charge is -2.13. The van der Waals surface area contributed by atoms with Gasteiger partial charge in [-0.15, -0.1) is 12.4 Å². The number of benzene rings is 1. The molecule has 0 radical (unpaired) electrons. The summed E-state index contributed by atoms with van der Waals surface area (Å²) in [5.74, 6) is -0.148. The van der Waals surface area contributed by atoms with E-state index in [9.17, 15) is 13.2 Å². The summed E-state index contributed by atoms with van der Waals surface area (Å²) in [7, 11) is 0. The average Bonchev–Trinajstić information content (AvgIpc) is 2.81. The van der Waals surface area contributed by atoms with Gasteiger partial charge in [0, 0.05) is 12.4 Å². The molecule has 0 amide bonds. The number of halogens is 4. The summed E-state index contributed by atoms with van der Waals surface area (Å²) in [5, 5.41) is 0. The summed E-state index contributed by atoms with van der Waals surface area (Å²) in [4.78, 5) is 3.83. The number of hydrogen-bond acceptors (Lipinski definition) is 2. The number of para-hydroxylation sites is 1. The zero-order valence-corrected chi connectivity index (χ0v) is 10.6. The van der Waals surface area contributed by atoms with Gasteiger partial charge in [0.25, 0.3) is 0 Å². The highest BCUT2D eigenvalue weighted by Gasteiger charge is 2.33. The Morgan fingerprint density at radius 2 is 1.95 bits per heavy atom. The first-order valence-electron chi connectivity index (χ1n) is 5.32. The van der Waals surface area contributed by atoms with Gasteiger partial charge in [-0.1, -0.05) is 12.1 Å². The number of nitrogens with zero attached hydrogens (tertiary/aromatic N) is 2. The molecule has 0 spiro atoms. The van der Waals surface area contributed by atoms with E-state index in [1.54, 1.807) is 23.3 Å². The fraction of sp³-hybridized carbons (Fsp3) is 0.250. The Morgan fingerprint density at radius 1 is 1.21 bits per heavy atom. The summed E-state index contributed by atoms with van der Waals surface area (Å²) >= 11 is 0. The van der Waals surface area contributed by atoms with Crippen LogP contribution in [0.2, 0.25) is 0 Å². The van der Waals surface area contributed by atoms with Crippen LogP contribution in [0.3, 0.4) is 0 Å². The Kier molecular flexibility index (Phi) is 5.23. The SMILES string of the molecule is Cl.FC(F)(F)c1ccccc1OCCn1ccnc1. The number of imidazole rings is 1. The Labute approximate surface area is 114 Å². The van der Waals surface area contributed by atoms with Gasteiger partial charge in [-0.25, -0.2) is 4.98 Å². The van der Waals surface area contributed by atoms with Crippen LogP contribution in [0, 0.1) is 0 Å². The van der Waals surface area contributed by atoms with Crippen LogP contribution in [-0.4, -0.2) is 16.2 Å². The monoisotopic (exact) mass is 292 g/mol. The standard InChI is InChI=1S/C12H11F3N2O.ClH/c13-12(14,15)10-3-1-2-4-11(10)18-8-7-17-6-5-16-9-17;/h1-6,9H,7-8H2;1H. The number of alkyl halides is 3. The second-order valence-corrected chi connectivity index (χ2v) is 3.64. The molecule has 0 N–H and O–H groups in total. The van der Waals surface area contributed by atoms with Crippen LogP contribution in [0.5, 0.6) is 5.75 Å². The van der Waals surface area contributed by atoms with Gasteiger partial charge in [0.2, 0.25) is 0 Å². The van der Waals surface area contributed by atoms with Crippen LogP contribution in [0.15, 0.2) is 43.0 Å². The Bertz CT molecular complexity index is 500. The molecule has 0 bridgehead atoms. The molecule has 0 fully saturated rings. The minimum Gasteiger partial charge on any atom is -0.491 e. The third kappa shape index (κ3) is 4.17. The molecule has 0 aliphatic carbocycles. The van der Waals surface area contributed by atoms with Crippen molar-refractivity contribution >= 4 is 12.4 Å². The maximum Gasteiger partial charge on any atom is 0.419 e. The molecule has 7 heteroatoms. The first-order chi connectivity index (χ1) is 8.57. The largest absolute Gasteiger partial charge is 0.491 e. The van der Waals surface area contributed by atoms with E-state index >= 15 is 0 Å². The van der Waals surface area contributed by atoms with Crippen molar-refractivity contribution in [1.29, 1.82) is 0 Å². The molecule has 1 aromatic heterocycles. The van der Waals surface area contributed by atoms with E-state index in [2.05, 4.69) is 4.98 Å². The molecular formula is C12H12ClF3N2O. The molecule has 3 nitrogen and oxygen atoms in total. The van der Waals surface area contributed by atoms with Gasteiger partial charge in [0.15, 0.2) is 0 Å². The number of ether oxygens (including phenoxy) is 1. The smallest absolute Gasteiger partial charge is 0.419 e. The van der Waals surface area contributed by atoms with E-state index < -0.39 is 11.7 Å². The van der Waals surface area contributed by atoms with E-state index in [-0.39, 0.29) is 24.8 Å². The van der Waals surface area contributed by atoms with Crippen LogP contribution < -0.4 is 4.74 Å². The molecular weight excluding hydrogens is 281 g/mol. The van der Waals surface area contributed by atoms with Crippen molar-refractivity contribution in [2.75, 3.05) is 6.61 Å². The average molecular weight is 293 g/mol. The molecule has 0 saturated carbocycles. The van der Waals surface area contributed by atoms with Crippen molar-refractivity contribution in [3.05, 3.63) is 48.5 Å². The number of rotatable bonds is 4. The first kappa shape index (κ1) is 15.4. The Balaban J connectivity index is 0.00000180. The maximum atomic E-state index is 12.7.